The Bertz CT molecular complexity index is 413. The van der Waals surface area contributed by atoms with Crippen molar-refractivity contribution in [2.24, 2.45) is 0 Å². The lowest BCUT2D eigenvalue weighted by molar-refractivity contribution is 0.216. The Hall–Kier alpha value is -1.14. The summed E-state index contributed by atoms with van der Waals surface area (Å²) in [6.07, 6.45) is 3.96. The Labute approximate surface area is 118 Å². The predicted octanol–water partition coefficient (Wildman–Crippen LogP) is 1.90. The molecule has 1 aliphatic rings. The monoisotopic (exact) mass is 282 g/mol. The molecule has 0 bridgehead atoms. The highest BCUT2D eigenvalue weighted by molar-refractivity contribution is 7.09. The molecular weight excluding hydrogens is 260 g/mol. The van der Waals surface area contributed by atoms with Gasteiger partial charge in [-0.15, -0.1) is 11.3 Å². The number of piperidine rings is 1. The minimum Gasteiger partial charge on any atom is -0.331 e. The van der Waals surface area contributed by atoms with Gasteiger partial charge in [-0.05, 0) is 25.9 Å². The molecule has 19 heavy (non-hydrogen) atoms. The van der Waals surface area contributed by atoms with Crippen LogP contribution in [0.3, 0.4) is 0 Å². The second kappa shape index (κ2) is 6.86. The average Bonchev–Trinajstić information content (AvgIpc) is 2.84. The number of aromatic nitrogens is 1. The Morgan fingerprint density at radius 3 is 2.84 bits per heavy atom. The first-order chi connectivity index (χ1) is 9.15. The molecule has 106 valence electrons. The number of likely N-dealkylation sites (tertiary alicyclic amines) is 1. The van der Waals surface area contributed by atoms with E-state index in [2.05, 4.69) is 20.6 Å². The van der Waals surface area contributed by atoms with Gasteiger partial charge in [-0.25, -0.2) is 9.78 Å². The molecule has 5 nitrogen and oxygen atoms in total. The van der Waals surface area contributed by atoms with Gasteiger partial charge in [-0.1, -0.05) is 6.42 Å². The summed E-state index contributed by atoms with van der Waals surface area (Å²) in [5.74, 6) is 0. The summed E-state index contributed by atoms with van der Waals surface area (Å²) in [5, 5.41) is 5.91. The molecule has 0 spiro atoms. The molecule has 0 atom stereocenters. The minimum absolute atomic E-state index is 0.0761. The summed E-state index contributed by atoms with van der Waals surface area (Å²) in [6, 6.07) is -0.0761. The van der Waals surface area contributed by atoms with Crippen molar-refractivity contribution in [3.63, 3.8) is 0 Å². The van der Waals surface area contributed by atoms with Gasteiger partial charge in [0.25, 0.3) is 0 Å². The van der Waals surface area contributed by atoms with Crippen LogP contribution < -0.4 is 5.32 Å². The lowest BCUT2D eigenvalue weighted by atomic mass is 10.1. The summed E-state index contributed by atoms with van der Waals surface area (Å²) in [5.41, 5.74) is 1.13. The van der Waals surface area contributed by atoms with Crippen LogP contribution in [0, 0.1) is 0 Å². The van der Waals surface area contributed by atoms with Crippen LogP contribution in [0.4, 0.5) is 4.79 Å². The number of amides is 2. The summed E-state index contributed by atoms with van der Waals surface area (Å²) in [6.45, 7) is 3.83. The maximum absolute atomic E-state index is 11.4. The van der Waals surface area contributed by atoms with Crippen molar-refractivity contribution in [3.05, 3.63) is 16.1 Å². The van der Waals surface area contributed by atoms with E-state index in [9.17, 15) is 4.79 Å². The van der Waals surface area contributed by atoms with Gasteiger partial charge < -0.3 is 10.2 Å². The average molecular weight is 282 g/mol. The minimum atomic E-state index is -0.0761. The molecule has 1 aliphatic heterocycles. The van der Waals surface area contributed by atoms with Crippen molar-refractivity contribution in [3.8, 4) is 0 Å². The Morgan fingerprint density at radius 2 is 2.16 bits per heavy atom. The summed E-state index contributed by atoms with van der Waals surface area (Å²) >= 11 is 1.62. The maximum atomic E-state index is 11.4. The van der Waals surface area contributed by atoms with Crippen LogP contribution in [0.2, 0.25) is 0 Å². The van der Waals surface area contributed by atoms with Crippen molar-refractivity contribution in [1.29, 1.82) is 0 Å². The van der Waals surface area contributed by atoms with Crippen molar-refractivity contribution in [2.75, 3.05) is 27.2 Å². The fourth-order valence-corrected chi connectivity index (χ4v) is 2.88. The Balaban J connectivity index is 1.79. The normalized spacial score (nSPS) is 16.3. The molecule has 1 aromatic heterocycles. The van der Waals surface area contributed by atoms with Crippen LogP contribution in [0.5, 0.6) is 0 Å². The smallest absolute Gasteiger partial charge is 0.317 e. The van der Waals surface area contributed by atoms with E-state index in [4.69, 9.17) is 0 Å². The quantitative estimate of drug-likeness (QED) is 0.917. The summed E-state index contributed by atoms with van der Waals surface area (Å²) in [7, 11) is 3.47. The summed E-state index contributed by atoms with van der Waals surface area (Å²) in [4.78, 5) is 20.0. The molecular formula is C13H22N4OS. The number of carbonyl (C=O) groups is 1. The van der Waals surface area contributed by atoms with E-state index < -0.39 is 0 Å². The van der Waals surface area contributed by atoms with E-state index in [-0.39, 0.29) is 6.03 Å². The van der Waals surface area contributed by atoms with Gasteiger partial charge in [0.2, 0.25) is 0 Å². The number of thiazole rings is 1. The Morgan fingerprint density at radius 1 is 1.42 bits per heavy atom. The summed E-state index contributed by atoms with van der Waals surface area (Å²) < 4.78 is 0. The molecule has 0 radical (unpaired) electrons. The van der Waals surface area contributed by atoms with Gasteiger partial charge >= 0.3 is 6.03 Å². The van der Waals surface area contributed by atoms with E-state index in [0.717, 1.165) is 17.2 Å². The molecule has 1 aromatic rings. The molecule has 2 heterocycles. The van der Waals surface area contributed by atoms with Crippen molar-refractivity contribution < 1.29 is 4.79 Å². The van der Waals surface area contributed by atoms with Crippen LogP contribution in [0.25, 0.3) is 0 Å². The molecule has 0 saturated carbocycles. The molecule has 0 unspecified atom stereocenters. The number of carbonyl (C=O) groups excluding carboxylic acids is 1. The first kappa shape index (κ1) is 14.3. The highest BCUT2D eigenvalue weighted by Crippen LogP contribution is 2.15. The number of nitrogens with zero attached hydrogens (tertiary/aromatic N) is 3. The lowest BCUT2D eigenvalue weighted by Gasteiger charge is -2.25. The van der Waals surface area contributed by atoms with E-state index in [0.29, 0.717) is 6.54 Å². The third-order valence-corrected chi connectivity index (χ3v) is 4.13. The number of nitrogens with one attached hydrogen (secondary N) is 1. The largest absolute Gasteiger partial charge is 0.331 e. The molecule has 2 amide bonds. The predicted molar refractivity (Wildman–Crippen MR) is 77.2 cm³/mol. The topological polar surface area (TPSA) is 48.5 Å². The molecule has 2 rings (SSSR count). The van der Waals surface area contributed by atoms with Gasteiger partial charge in [-0.3, -0.25) is 4.90 Å². The van der Waals surface area contributed by atoms with E-state index in [1.54, 1.807) is 25.4 Å². The standard InChI is InChI=1S/C13H22N4OS/c1-16(2)13(18)14-8-12-15-11(10-19-12)9-17-6-4-3-5-7-17/h10H,3-9H2,1-2H3,(H,14,18). The maximum Gasteiger partial charge on any atom is 0.317 e. The lowest BCUT2D eigenvalue weighted by Crippen LogP contribution is -2.33. The van der Waals surface area contributed by atoms with Crippen LogP contribution in [-0.2, 0) is 13.1 Å². The van der Waals surface area contributed by atoms with E-state index in [1.807, 2.05) is 0 Å². The molecule has 0 aromatic carbocycles. The van der Waals surface area contributed by atoms with E-state index in [1.165, 1.54) is 37.3 Å². The molecule has 1 N–H and O–H groups in total. The van der Waals surface area contributed by atoms with Crippen LogP contribution in [0.1, 0.15) is 30.0 Å². The van der Waals surface area contributed by atoms with Gasteiger partial charge in [0, 0.05) is 26.0 Å². The fraction of sp³-hybridized carbons (Fsp3) is 0.692. The number of hydrogen-bond acceptors (Lipinski definition) is 4. The van der Waals surface area contributed by atoms with Gasteiger partial charge in [0.05, 0.1) is 12.2 Å². The van der Waals surface area contributed by atoms with E-state index >= 15 is 0 Å². The number of hydrogen-bond donors (Lipinski definition) is 1. The fourth-order valence-electron chi connectivity index (χ4n) is 2.16. The van der Waals surface area contributed by atoms with Crippen molar-refractivity contribution in [1.82, 2.24) is 20.1 Å². The van der Waals surface area contributed by atoms with Gasteiger partial charge in [0.15, 0.2) is 0 Å². The zero-order chi connectivity index (χ0) is 13.7. The molecule has 0 aliphatic carbocycles. The first-order valence-electron chi connectivity index (χ1n) is 6.76. The number of rotatable bonds is 4. The SMILES string of the molecule is CN(C)C(=O)NCc1nc(CN2CCCCC2)cs1. The zero-order valence-corrected chi connectivity index (χ0v) is 12.5. The molecule has 1 saturated heterocycles. The van der Waals surface area contributed by atoms with Crippen LogP contribution in [-0.4, -0.2) is 48.0 Å². The highest BCUT2D eigenvalue weighted by Gasteiger charge is 2.12. The second-order valence-corrected chi connectivity index (χ2v) is 6.07. The van der Waals surface area contributed by atoms with Crippen LogP contribution in [0.15, 0.2) is 5.38 Å². The molecule has 6 heteroatoms. The number of urea groups is 1. The third-order valence-electron chi connectivity index (χ3n) is 3.23. The zero-order valence-electron chi connectivity index (χ0n) is 11.7. The van der Waals surface area contributed by atoms with Crippen LogP contribution >= 0.6 is 11.3 Å². The second-order valence-electron chi connectivity index (χ2n) is 5.12. The first-order valence-corrected chi connectivity index (χ1v) is 7.64. The highest BCUT2D eigenvalue weighted by atomic mass is 32.1. The van der Waals surface area contributed by atoms with Crippen molar-refractivity contribution in [2.45, 2.75) is 32.4 Å². The van der Waals surface area contributed by atoms with Gasteiger partial charge in [0.1, 0.15) is 5.01 Å². The molecule has 1 fully saturated rings. The van der Waals surface area contributed by atoms with Crippen molar-refractivity contribution >= 4 is 17.4 Å². The third kappa shape index (κ3) is 4.47. The van der Waals surface area contributed by atoms with Gasteiger partial charge in [-0.2, -0.15) is 0 Å². The Kier molecular flexibility index (Phi) is 5.15.